The summed E-state index contributed by atoms with van der Waals surface area (Å²) < 4.78 is 12.9. The largest absolute Gasteiger partial charge is 0.479 e. The van der Waals surface area contributed by atoms with Gasteiger partial charge in [-0.05, 0) is 6.92 Å². The number of halogens is 1. The lowest BCUT2D eigenvalue weighted by Crippen LogP contribution is -2.50. The lowest BCUT2D eigenvalue weighted by molar-refractivity contribution is -0.165. The van der Waals surface area contributed by atoms with Gasteiger partial charge in [0.25, 0.3) is 0 Å². The number of aliphatic hydroxyl groups is 3. The van der Waals surface area contributed by atoms with Gasteiger partial charge in [-0.3, -0.25) is 0 Å². The summed E-state index contributed by atoms with van der Waals surface area (Å²) in [5.74, 6) is -1.89. The van der Waals surface area contributed by atoms with Crippen LogP contribution in [0.1, 0.15) is 6.92 Å². The fourth-order valence-electron chi connectivity index (χ4n) is 0.588. The Morgan fingerprint density at radius 2 is 2.00 bits per heavy atom. The third-order valence-corrected chi connectivity index (χ3v) is 1.53. The smallest absolute Gasteiger partial charge is 0.344 e. The summed E-state index contributed by atoms with van der Waals surface area (Å²) in [5, 5.41) is 34.1. The van der Waals surface area contributed by atoms with Crippen LogP contribution in [0.4, 0.5) is 4.39 Å². The Morgan fingerprint density at radius 3 is 2.25 bits per heavy atom. The number of rotatable bonds is 4. The second kappa shape index (κ2) is 3.79. The average molecular weight is 182 g/mol. The fraction of sp³-hybridized carbons (Fsp3) is 0.833. The van der Waals surface area contributed by atoms with E-state index < -0.39 is 30.5 Å². The molecule has 0 fully saturated rings. The van der Waals surface area contributed by atoms with Crippen LogP contribution in [0.15, 0.2) is 0 Å². The van der Waals surface area contributed by atoms with Crippen molar-refractivity contribution >= 4 is 5.97 Å². The molecule has 0 aromatic heterocycles. The molecule has 72 valence electrons. The minimum Gasteiger partial charge on any atom is -0.479 e. The van der Waals surface area contributed by atoms with Crippen molar-refractivity contribution < 1.29 is 29.6 Å². The van der Waals surface area contributed by atoms with Crippen LogP contribution in [0.25, 0.3) is 0 Å². The van der Waals surface area contributed by atoms with Crippen molar-refractivity contribution in [3.8, 4) is 0 Å². The summed E-state index contributed by atoms with van der Waals surface area (Å²) in [4.78, 5) is 10.2. The molecule has 0 amide bonds. The molecular weight excluding hydrogens is 171 g/mol. The first-order valence-corrected chi connectivity index (χ1v) is 3.23. The van der Waals surface area contributed by atoms with Crippen LogP contribution in [0.2, 0.25) is 0 Å². The maximum Gasteiger partial charge on any atom is 0.344 e. The molecule has 3 atom stereocenters. The molecule has 0 rings (SSSR count). The highest BCUT2D eigenvalue weighted by molar-refractivity contribution is 5.77. The summed E-state index contributed by atoms with van der Waals surface area (Å²) in [6.07, 6.45) is -3.93. The van der Waals surface area contributed by atoms with Crippen LogP contribution in [-0.2, 0) is 4.79 Å². The Morgan fingerprint density at radius 1 is 1.58 bits per heavy atom. The predicted molar refractivity (Wildman–Crippen MR) is 36.2 cm³/mol. The molecule has 0 spiro atoms. The van der Waals surface area contributed by atoms with Gasteiger partial charge in [0.15, 0.2) is 0 Å². The van der Waals surface area contributed by atoms with E-state index >= 15 is 0 Å². The first kappa shape index (κ1) is 11.3. The molecule has 5 nitrogen and oxygen atoms in total. The van der Waals surface area contributed by atoms with Crippen LogP contribution in [-0.4, -0.2) is 50.9 Å². The van der Waals surface area contributed by atoms with E-state index in [4.69, 9.17) is 20.4 Å². The van der Waals surface area contributed by atoms with Crippen molar-refractivity contribution in [1.29, 1.82) is 0 Å². The number of hydrogen-bond acceptors (Lipinski definition) is 4. The van der Waals surface area contributed by atoms with Gasteiger partial charge in [0.2, 0.25) is 5.67 Å². The second-order valence-electron chi connectivity index (χ2n) is 2.58. The molecule has 4 N–H and O–H groups in total. The van der Waals surface area contributed by atoms with Crippen LogP contribution >= 0.6 is 0 Å². The summed E-state index contributed by atoms with van der Waals surface area (Å²) in [7, 11) is 0. The maximum absolute atomic E-state index is 12.9. The highest BCUT2D eigenvalue weighted by Crippen LogP contribution is 2.18. The molecule has 0 aliphatic rings. The van der Waals surface area contributed by atoms with E-state index in [1.165, 1.54) is 0 Å². The van der Waals surface area contributed by atoms with Gasteiger partial charge in [-0.1, -0.05) is 0 Å². The average Bonchev–Trinajstić information content (AvgIpc) is 2.01. The Balaban J connectivity index is 4.44. The number of carboxylic acid groups (broad SMARTS) is 1. The van der Waals surface area contributed by atoms with Gasteiger partial charge in [-0.2, -0.15) is 0 Å². The first-order valence-electron chi connectivity index (χ1n) is 3.23. The monoisotopic (exact) mass is 182 g/mol. The maximum atomic E-state index is 12.9. The lowest BCUT2D eigenvalue weighted by atomic mass is 9.97. The van der Waals surface area contributed by atoms with Crippen molar-refractivity contribution in [3.05, 3.63) is 0 Å². The predicted octanol–water partition coefficient (Wildman–Crippen LogP) is -1.49. The SMILES string of the molecule is C[C@](F)(C(=O)O)[C@H](O)[C@H](O)CO. The number of aliphatic carboxylic acids is 1. The minimum absolute atomic E-state index is 0.610. The van der Waals surface area contributed by atoms with Gasteiger partial charge in [-0.15, -0.1) is 0 Å². The van der Waals surface area contributed by atoms with Gasteiger partial charge < -0.3 is 20.4 Å². The van der Waals surface area contributed by atoms with E-state index in [2.05, 4.69) is 0 Å². The Labute approximate surface area is 68.1 Å². The number of carboxylic acids is 1. The van der Waals surface area contributed by atoms with Gasteiger partial charge >= 0.3 is 5.97 Å². The molecule has 0 aromatic carbocycles. The normalized spacial score (nSPS) is 21.1. The summed E-state index contributed by atoms with van der Waals surface area (Å²) in [5.41, 5.74) is -2.96. The summed E-state index contributed by atoms with van der Waals surface area (Å²) in [6.45, 7) is -0.285. The van der Waals surface area contributed by atoms with Gasteiger partial charge in [0, 0.05) is 0 Å². The zero-order valence-corrected chi connectivity index (χ0v) is 6.44. The molecule has 0 saturated carbocycles. The highest BCUT2D eigenvalue weighted by atomic mass is 19.1. The molecule has 0 radical (unpaired) electrons. The quantitative estimate of drug-likeness (QED) is 0.424. The Kier molecular flexibility index (Phi) is 3.56. The van der Waals surface area contributed by atoms with E-state index in [0.717, 1.165) is 0 Å². The van der Waals surface area contributed by atoms with Crippen molar-refractivity contribution in [2.45, 2.75) is 24.8 Å². The molecule has 12 heavy (non-hydrogen) atoms. The molecule has 0 bridgehead atoms. The molecule has 6 heteroatoms. The molecule has 0 saturated heterocycles. The van der Waals surface area contributed by atoms with Crippen LogP contribution in [0.5, 0.6) is 0 Å². The molecule has 0 aliphatic heterocycles. The molecular formula is C6H11FO5. The van der Waals surface area contributed by atoms with Crippen LogP contribution in [0.3, 0.4) is 0 Å². The standard InChI is InChI=1S/C6H11FO5/c1-6(7,5(11)12)4(10)3(9)2-8/h3-4,8-10H,2H2,1H3,(H,11,12)/t3-,4-,6-/m1/s1. The molecule has 0 aromatic rings. The van der Waals surface area contributed by atoms with E-state index in [0.29, 0.717) is 6.92 Å². The van der Waals surface area contributed by atoms with E-state index in [1.54, 1.807) is 0 Å². The van der Waals surface area contributed by atoms with Crippen LogP contribution in [0, 0.1) is 0 Å². The zero-order valence-electron chi connectivity index (χ0n) is 6.44. The number of aliphatic hydroxyl groups excluding tert-OH is 3. The van der Waals surface area contributed by atoms with Crippen LogP contribution < -0.4 is 0 Å². The van der Waals surface area contributed by atoms with E-state index in [-0.39, 0.29) is 0 Å². The second-order valence-corrected chi connectivity index (χ2v) is 2.58. The van der Waals surface area contributed by atoms with Crippen molar-refractivity contribution in [3.63, 3.8) is 0 Å². The molecule has 0 heterocycles. The van der Waals surface area contributed by atoms with Gasteiger partial charge in [-0.25, -0.2) is 9.18 Å². The van der Waals surface area contributed by atoms with Crippen molar-refractivity contribution in [1.82, 2.24) is 0 Å². The van der Waals surface area contributed by atoms with Crippen molar-refractivity contribution in [2.75, 3.05) is 6.61 Å². The highest BCUT2D eigenvalue weighted by Gasteiger charge is 2.44. The minimum atomic E-state index is -2.96. The third kappa shape index (κ3) is 2.13. The van der Waals surface area contributed by atoms with Gasteiger partial charge in [0.05, 0.1) is 6.61 Å². The molecule has 0 unspecified atom stereocenters. The van der Waals surface area contributed by atoms with Gasteiger partial charge in [0.1, 0.15) is 12.2 Å². The van der Waals surface area contributed by atoms with E-state index in [9.17, 15) is 9.18 Å². The topological polar surface area (TPSA) is 98.0 Å². The Bertz CT molecular complexity index is 169. The summed E-state index contributed by atoms with van der Waals surface area (Å²) >= 11 is 0. The lowest BCUT2D eigenvalue weighted by Gasteiger charge is -2.24. The van der Waals surface area contributed by atoms with Crippen molar-refractivity contribution in [2.24, 2.45) is 0 Å². The fourth-order valence-corrected chi connectivity index (χ4v) is 0.588. The number of carbonyl (C=O) groups is 1. The zero-order chi connectivity index (χ0) is 9.94. The molecule has 0 aliphatic carbocycles. The summed E-state index contributed by atoms with van der Waals surface area (Å²) in [6, 6.07) is 0. The Hall–Kier alpha value is -0.720. The number of hydrogen-bond donors (Lipinski definition) is 4. The number of alkyl halides is 1. The van der Waals surface area contributed by atoms with E-state index in [1.807, 2.05) is 0 Å². The third-order valence-electron chi connectivity index (χ3n) is 1.53. The first-order chi connectivity index (χ1) is 5.34.